The van der Waals surface area contributed by atoms with Crippen molar-refractivity contribution in [3.8, 4) is 0 Å². The fourth-order valence-electron chi connectivity index (χ4n) is 2.92. The maximum atomic E-state index is 12.7. The molecule has 3 atom stereocenters. The first-order chi connectivity index (χ1) is 9.85. The van der Waals surface area contributed by atoms with Crippen LogP contribution in [0.2, 0.25) is 0 Å². The van der Waals surface area contributed by atoms with Gasteiger partial charge in [0.25, 0.3) is 0 Å². The van der Waals surface area contributed by atoms with E-state index in [1.54, 1.807) is 37.3 Å². The number of carbonyl (C=O) groups excluding carboxylic acids is 1. The minimum absolute atomic E-state index is 0.0660. The maximum Gasteiger partial charge on any atom is 0.242 e. The lowest BCUT2D eigenvalue weighted by Gasteiger charge is -2.40. The largest absolute Gasteiger partial charge is 0.353 e. The molecular weight excluding hydrogens is 292 g/mol. The van der Waals surface area contributed by atoms with Crippen molar-refractivity contribution in [2.24, 2.45) is 0 Å². The number of carbonyl (C=O) groups is 1. The average Bonchev–Trinajstić information content (AvgIpc) is 2.85. The smallest absolute Gasteiger partial charge is 0.242 e. The minimum Gasteiger partial charge on any atom is -0.353 e. The van der Waals surface area contributed by atoms with E-state index in [0.717, 1.165) is 0 Å². The summed E-state index contributed by atoms with van der Waals surface area (Å²) in [5.74, 6) is -0.189. The van der Waals surface area contributed by atoms with E-state index < -0.39 is 20.8 Å². The first kappa shape index (κ1) is 14.5. The third-order valence-corrected chi connectivity index (χ3v) is 6.02. The first-order valence-electron chi connectivity index (χ1n) is 6.89. The highest BCUT2D eigenvalue weighted by Crippen LogP contribution is 2.39. The number of nitrogens with zero attached hydrogens (tertiary/aromatic N) is 1. The Morgan fingerprint density at radius 1 is 1.33 bits per heavy atom. The van der Waals surface area contributed by atoms with E-state index in [0.29, 0.717) is 6.54 Å². The molecule has 0 spiro atoms. The third-order valence-electron chi connectivity index (χ3n) is 4.15. The molecule has 3 rings (SSSR count). The van der Waals surface area contributed by atoms with E-state index in [2.05, 4.69) is 5.32 Å². The van der Waals surface area contributed by atoms with Crippen molar-refractivity contribution < 1.29 is 18.0 Å². The van der Waals surface area contributed by atoms with Crippen molar-refractivity contribution in [2.45, 2.75) is 42.2 Å². The Morgan fingerprint density at radius 3 is 2.62 bits per heavy atom. The lowest BCUT2D eigenvalue weighted by Crippen LogP contribution is -2.63. The molecule has 114 valence electrons. The number of piperazine rings is 1. The molecule has 21 heavy (non-hydrogen) atoms. The van der Waals surface area contributed by atoms with E-state index in [4.69, 9.17) is 4.84 Å². The van der Waals surface area contributed by atoms with Gasteiger partial charge in [0.1, 0.15) is 5.54 Å². The van der Waals surface area contributed by atoms with Crippen LogP contribution < -0.4 is 5.32 Å². The first-order valence-corrected chi connectivity index (χ1v) is 8.44. The Bertz CT molecular complexity index is 661. The molecular formula is C14H18N2O4S. The van der Waals surface area contributed by atoms with Crippen LogP contribution in [0.3, 0.4) is 0 Å². The predicted molar refractivity (Wildman–Crippen MR) is 75.8 cm³/mol. The van der Waals surface area contributed by atoms with Crippen LogP contribution in [-0.4, -0.2) is 42.9 Å². The summed E-state index contributed by atoms with van der Waals surface area (Å²) in [5, 5.41) is 4.34. The van der Waals surface area contributed by atoms with Gasteiger partial charge in [0.2, 0.25) is 15.7 Å². The van der Waals surface area contributed by atoms with E-state index in [-0.39, 0.29) is 23.3 Å². The Balaban J connectivity index is 1.95. The highest BCUT2D eigenvalue weighted by atomic mass is 32.2. The molecule has 2 fully saturated rings. The van der Waals surface area contributed by atoms with Crippen LogP contribution in [0.5, 0.6) is 0 Å². The summed E-state index contributed by atoms with van der Waals surface area (Å²) in [6.07, 6.45) is 0.125. The summed E-state index contributed by atoms with van der Waals surface area (Å²) in [7, 11) is -3.63. The zero-order chi connectivity index (χ0) is 15.3. The topological polar surface area (TPSA) is 75.7 Å². The highest BCUT2D eigenvalue weighted by Gasteiger charge is 2.56. The third kappa shape index (κ3) is 2.16. The maximum absolute atomic E-state index is 12.7. The SMILES string of the molecule is CC1CNC(=O)[C@]2(C)C[C@H](S(=O)(=O)c3ccccc3)ON12. The number of sulfone groups is 1. The van der Waals surface area contributed by atoms with Crippen LogP contribution in [-0.2, 0) is 19.5 Å². The number of nitrogens with one attached hydrogen (secondary N) is 1. The Labute approximate surface area is 124 Å². The van der Waals surface area contributed by atoms with Crippen molar-refractivity contribution in [2.75, 3.05) is 6.54 Å². The summed E-state index contributed by atoms with van der Waals surface area (Å²) in [6.45, 7) is 4.07. The number of hydrogen-bond acceptors (Lipinski definition) is 5. The molecule has 1 unspecified atom stereocenters. The Morgan fingerprint density at radius 2 is 2.00 bits per heavy atom. The molecule has 1 N–H and O–H groups in total. The zero-order valence-electron chi connectivity index (χ0n) is 11.9. The van der Waals surface area contributed by atoms with Crippen LogP contribution in [0, 0.1) is 0 Å². The van der Waals surface area contributed by atoms with Crippen LogP contribution >= 0.6 is 0 Å². The molecule has 0 bridgehead atoms. The van der Waals surface area contributed by atoms with Crippen molar-refractivity contribution in [3.63, 3.8) is 0 Å². The van der Waals surface area contributed by atoms with Crippen LogP contribution in [0.4, 0.5) is 0 Å². The van der Waals surface area contributed by atoms with Gasteiger partial charge >= 0.3 is 0 Å². The molecule has 2 saturated heterocycles. The second-order valence-electron chi connectivity index (χ2n) is 5.76. The molecule has 1 aromatic carbocycles. The van der Waals surface area contributed by atoms with Crippen molar-refractivity contribution in [1.29, 1.82) is 0 Å². The highest BCUT2D eigenvalue weighted by molar-refractivity contribution is 7.92. The molecule has 6 nitrogen and oxygen atoms in total. The predicted octanol–water partition coefficient (Wildman–Crippen LogP) is 0.701. The number of rotatable bonds is 2. The molecule has 2 heterocycles. The van der Waals surface area contributed by atoms with Gasteiger partial charge in [-0.15, -0.1) is 0 Å². The molecule has 2 aliphatic heterocycles. The van der Waals surface area contributed by atoms with E-state index in [1.807, 2.05) is 6.92 Å². The average molecular weight is 310 g/mol. The van der Waals surface area contributed by atoms with Gasteiger partial charge in [-0.25, -0.2) is 8.42 Å². The lowest BCUT2D eigenvalue weighted by atomic mass is 9.94. The quantitative estimate of drug-likeness (QED) is 0.870. The normalized spacial score (nSPS) is 33.5. The van der Waals surface area contributed by atoms with Gasteiger partial charge in [0, 0.05) is 13.0 Å². The Hall–Kier alpha value is -1.44. The molecule has 7 heteroatoms. The van der Waals surface area contributed by atoms with Crippen molar-refractivity contribution in [3.05, 3.63) is 30.3 Å². The van der Waals surface area contributed by atoms with E-state index in [9.17, 15) is 13.2 Å². The monoisotopic (exact) mass is 310 g/mol. The zero-order valence-corrected chi connectivity index (χ0v) is 12.8. The van der Waals surface area contributed by atoms with Crippen LogP contribution in [0.1, 0.15) is 20.3 Å². The summed E-state index contributed by atoms with van der Waals surface area (Å²) in [6, 6.07) is 8.13. The molecule has 2 aliphatic rings. The molecule has 0 aliphatic carbocycles. The van der Waals surface area contributed by atoms with Gasteiger partial charge < -0.3 is 5.32 Å². The summed E-state index contributed by atoms with van der Waals surface area (Å²) in [5.41, 5.74) is -1.97. The number of fused-ring (bicyclic) bond motifs is 1. The Kier molecular flexibility index (Phi) is 3.31. The molecule has 0 radical (unpaired) electrons. The van der Waals surface area contributed by atoms with Gasteiger partial charge in [0.15, 0.2) is 5.44 Å². The number of hydroxylamine groups is 2. The van der Waals surface area contributed by atoms with E-state index >= 15 is 0 Å². The molecule has 1 aromatic rings. The van der Waals surface area contributed by atoms with Crippen molar-refractivity contribution in [1.82, 2.24) is 10.4 Å². The fraction of sp³-hybridized carbons (Fsp3) is 0.500. The van der Waals surface area contributed by atoms with Gasteiger partial charge in [-0.3, -0.25) is 9.63 Å². The van der Waals surface area contributed by atoms with Crippen LogP contribution in [0.15, 0.2) is 35.2 Å². The number of amides is 1. The van der Waals surface area contributed by atoms with E-state index in [1.165, 1.54) is 5.06 Å². The molecule has 1 amide bonds. The summed E-state index contributed by atoms with van der Waals surface area (Å²) >= 11 is 0. The summed E-state index contributed by atoms with van der Waals surface area (Å²) in [4.78, 5) is 18.0. The second-order valence-corrected chi connectivity index (χ2v) is 7.84. The second kappa shape index (κ2) is 4.79. The van der Waals surface area contributed by atoms with Crippen molar-refractivity contribution >= 4 is 15.7 Å². The molecule has 0 aromatic heterocycles. The van der Waals surface area contributed by atoms with Gasteiger partial charge in [-0.05, 0) is 26.0 Å². The lowest BCUT2D eigenvalue weighted by molar-refractivity contribution is -0.205. The fourth-order valence-corrected chi connectivity index (χ4v) is 4.51. The molecule has 0 saturated carbocycles. The number of hydrogen-bond donors (Lipinski definition) is 1. The summed E-state index contributed by atoms with van der Waals surface area (Å²) < 4.78 is 25.3. The van der Waals surface area contributed by atoms with Gasteiger partial charge in [-0.1, -0.05) is 18.2 Å². The number of benzene rings is 1. The van der Waals surface area contributed by atoms with Gasteiger partial charge in [0.05, 0.1) is 10.9 Å². The van der Waals surface area contributed by atoms with Gasteiger partial charge in [-0.2, -0.15) is 5.06 Å². The minimum atomic E-state index is -3.63. The van der Waals surface area contributed by atoms with Crippen LogP contribution in [0.25, 0.3) is 0 Å². The standard InChI is InChI=1S/C14H18N2O4S/c1-10-9-15-13(17)14(2)8-12(20-16(10)14)21(18,19)11-6-4-3-5-7-11/h3-7,10,12H,8-9H2,1-2H3,(H,15,17)/t10?,12-,14-/m0/s1.